The van der Waals surface area contributed by atoms with Crippen molar-refractivity contribution >= 4 is 12.0 Å². The van der Waals surface area contributed by atoms with E-state index in [1.807, 2.05) is 30.3 Å². The molecule has 0 aromatic heterocycles. The van der Waals surface area contributed by atoms with Crippen molar-refractivity contribution in [3.63, 3.8) is 0 Å². The Hall–Kier alpha value is -1.65. The second-order valence-electron chi connectivity index (χ2n) is 3.96. The number of aliphatic hydroxyl groups is 1. The summed E-state index contributed by atoms with van der Waals surface area (Å²) in [5, 5.41) is 11.6. The van der Waals surface area contributed by atoms with E-state index in [0.717, 1.165) is 5.56 Å². The van der Waals surface area contributed by atoms with Crippen molar-refractivity contribution in [1.29, 1.82) is 0 Å². The molecule has 2 N–H and O–H groups in total. The SMILES string of the molecule is CC(O)COCCNC(=O)C=Cc1ccccc1. The van der Waals surface area contributed by atoms with Gasteiger partial charge in [0.1, 0.15) is 0 Å². The van der Waals surface area contributed by atoms with Crippen LogP contribution in [0.1, 0.15) is 12.5 Å². The Kier molecular flexibility index (Phi) is 6.76. The van der Waals surface area contributed by atoms with Gasteiger partial charge in [0.05, 0.1) is 19.3 Å². The van der Waals surface area contributed by atoms with Crippen molar-refractivity contribution in [3.8, 4) is 0 Å². The first-order valence-electron chi connectivity index (χ1n) is 5.95. The summed E-state index contributed by atoms with van der Waals surface area (Å²) in [6.07, 6.45) is 2.77. The minimum Gasteiger partial charge on any atom is -0.391 e. The van der Waals surface area contributed by atoms with E-state index in [0.29, 0.717) is 13.2 Å². The van der Waals surface area contributed by atoms with Crippen molar-refractivity contribution in [1.82, 2.24) is 5.32 Å². The fourth-order valence-corrected chi connectivity index (χ4v) is 1.30. The fraction of sp³-hybridized carbons (Fsp3) is 0.357. The predicted molar refractivity (Wildman–Crippen MR) is 71.0 cm³/mol. The maximum atomic E-state index is 11.4. The Balaban J connectivity index is 2.16. The van der Waals surface area contributed by atoms with Gasteiger partial charge in [-0.15, -0.1) is 0 Å². The molecule has 4 nitrogen and oxygen atoms in total. The van der Waals surface area contributed by atoms with Crippen LogP contribution in [0.25, 0.3) is 6.08 Å². The molecule has 1 aromatic rings. The molecule has 98 valence electrons. The number of nitrogens with one attached hydrogen (secondary N) is 1. The van der Waals surface area contributed by atoms with Gasteiger partial charge >= 0.3 is 0 Å². The monoisotopic (exact) mass is 249 g/mol. The lowest BCUT2D eigenvalue weighted by Gasteiger charge is -2.06. The van der Waals surface area contributed by atoms with Gasteiger partial charge in [0.25, 0.3) is 0 Å². The van der Waals surface area contributed by atoms with Gasteiger partial charge in [0, 0.05) is 12.6 Å². The molecule has 1 atom stereocenters. The van der Waals surface area contributed by atoms with Gasteiger partial charge in [-0.2, -0.15) is 0 Å². The van der Waals surface area contributed by atoms with E-state index < -0.39 is 6.10 Å². The fourth-order valence-electron chi connectivity index (χ4n) is 1.30. The molecule has 18 heavy (non-hydrogen) atoms. The van der Waals surface area contributed by atoms with E-state index in [9.17, 15) is 4.79 Å². The van der Waals surface area contributed by atoms with Crippen LogP contribution < -0.4 is 5.32 Å². The highest BCUT2D eigenvalue weighted by Crippen LogP contribution is 2.00. The predicted octanol–water partition coefficient (Wildman–Crippen LogP) is 1.21. The number of benzene rings is 1. The minimum atomic E-state index is -0.473. The molecule has 0 heterocycles. The van der Waals surface area contributed by atoms with Crippen LogP contribution in [0.4, 0.5) is 0 Å². The van der Waals surface area contributed by atoms with Crippen LogP contribution in [0.3, 0.4) is 0 Å². The molecule has 1 rings (SSSR count). The zero-order valence-corrected chi connectivity index (χ0v) is 10.5. The van der Waals surface area contributed by atoms with Crippen LogP contribution in [-0.2, 0) is 9.53 Å². The number of carbonyl (C=O) groups excluding carboxylic acids is 1. The first-order chi connectivity index (χ1) is 8.68. The first-order valence-corrected chi connectivity index (χ1v) is 5.95. The van der Waals surface area contributed by atoms with Gasteiger partial charge in [-0.1, -0.05) is 30.3 Å². The Bertz CT molecular complexity index is 374. The summed E-state index contributed by atoms with van der Waals surface area (Å²) in [5.74, 6) is -0.153. The number of carbonyl (C=O) groups is 1. The Morgan fingerprint density at radius 1 is 1.44 bits per heavy atom. The smallest absolute Gasteiger partial charge is 0.244 e. The van der Waals surface area contributed by atoms with Gasteiger partial charge in [-0.25, -0.2) is 0 Å². The molecule has 0 saturated heterocycles. The van der Waals surface area contributed by atoms with Crippen LogP contribution in [-0.4, -0.2) is 36.9 Å². The average molecular weight is 249 g/mol. The number of aliphatic hydroxyl groups excluding tert-OH is 1. The quantitative estimate of drug-likeness (QED) is 0.564. The molecular formula is C14H19NO3. The lowest BCUT2D eigenvalue weighted by atomic mass is 10.2. The van der Waals surface area contributed by atoms with Crippen molar-refractivity contribution < 1.29 is 14.6 Å². The minimum absolute atomic E-state index is 0.153. The third kappa shape index (κ3) is 6.83. The van der Waals surface area contributed by atoms with Gasteiger partial charge in [-0.3, -0.25) is 4.79 Å². The van der Waals surface area contributed by atoms with E-state index in [-0.39, 0.29) is 12.5 Å². The lowest BCUT2D eigenvalue weighted by molar-refractivity contribution is -0.116. The van der Waals surface area contributed by atoms with Crippen LogP contribution in [0, 0.1) is 0 Å². The molecule has 0 aliphatic rings. The van der Waals surface area contributed by atoms with E-state index >= 15 is 0 Å². The summed E-state index contributed by atoms with van der Waals surface area (Å²) in [6.45, 7) is 2.78. The molecule has 0 saturated carbocycles. The highest BCUT2D eigenvalue weighted by atomic mass is 16.5. The summed E-state index contributed by atoms with van der Waals surface area (Å²) in [7, 11) is 0. The van der Waals surface area contributed by atoms with Gasteiger partial charge in [-0.05, 0) is 18.6 Å². The lowest BCUT2D eigenvalue weighted by Crippen LogP contribution is -2.26. The van der Waals surface area contributed by atoms with Crippen LogP contribution in [0.15, 0.2) is 36.4 Å². The van der Waals surface area contributed by atoms with Gasteiger partial charge < -0.3 is 15.2 Å². The molecule has 0 aliphatic heterocycles. The Labute approximate surface area is 107 Å². The number of amides is 1. The number of hydrogen-bond donors (Lipinski definition) is 2. The maximum Gasteiger partial charge on any atom is 0.244 e. The van der Waals surface area contributed by atoms with E-state index in [4.69, 9.17) is 9.84 Å². The zero-order valence-electron chi connectivity index (χ0n) is 10.5. The molecule has 1 aromatic carbocycles. The van der Waals surface area contributed by atoms with Crippen molar-refractivity contribution in [2.45, 2.75) is 13.0 Å². The number of hydrogen-bond acceptors (Lipinski definition) is 3. The molecule has 0 radical (unpaired) electrons. The largest absolute Gasteiger partial charge is 0.391 e. The summed E-state index contributed by atoms with van der Waals surface area (Å²) < 4.78 is 5.12. The number of ether oxygens (including phenoxy) is 1. The van der Waals surface area contributed by atoms with Crippen molar-refractivity contribution in [2.24, 2.45) is 0 Å². The molecular weight excluding hydrogens is 230 g/mol. The molecule has 0 spiro atoms. The van der Waals surface area contributed by atoms with E-state index in [1.165, 1.54) is 6.08 Å². The third-order valence-electron chi connectivity index (χ3n) is 2.13. The molecule has 0 bridgehead atoms. The Morgan fingerprint density at radius 3 is 2.83 bits per heavy atom. The summed E-state index contributed by atoms with van der Waals surface area (Å²) in [5.41, 5.74) is 0.984. The second-order valence-corrected chi connectivity index (χ2v) is 3.96. The second kappa shape index (κ2) is 8.44. The van der Waals surface area contributed by atoms with Crippen molar-refractivity contribution in [3.05, 3.63) is 42.0 Å². The van der Waals surface area contributed by atoms with E-state index in [1.54, 1.807) is 13.0 Å². The number of rotatable bonds is 7. The molecule has 4 heteroatoms. The summed E-state index contributed by atoms with van der Waals surface area (Å²) in [4.78, 5) is 11.4. The Morgan fingerprint density at radius 2 is 2.17 bits per heavy atom. The third-order valence-corrected chi connectivity index (χ3v) is 2.13. The van der Waals surface area contributed by atoms with Crippen LogP contribution in [0.2, 0.25) is 0 Å². The highest BCUT2D eigenvalue weighted by molar-refractivity contribution is 5.91. The van der Waals surface area contributed by atoms with E-state index in [2.05, 4.69) is 5.32 Å². The summed E-state index contributed by atoms with van der Waals surface area (Å²) in [6, 6.07) is 9.62. The zero-order chi connectivity index (χ0) is 13.2. The topological polar surface area (TPSA) is 58.6 Å². The van der Waals surface area contributed by atoms with Crippen LogP contribution in [0.5, 0.6) is 0 Å². The molecule has 1 unspecified atom stereocenters. The van der Waals surface area contributed by atoms with Crippen molar-refractivity contribution in [2.75, 3.05) is 19.8 Å². The van der Waals surface area contributed by atoms with Gasteiger partial charge in [0.2, 0.25) is 5.91 Å². The molecule has 1 amide bonds. The molecule has 0 fully saturated rings. The first kappa shape index (κ1) is 14.4. The highest BCUT2D eigenvalue weighted by Gasteiger charge is 1.97. The maximum absolute atomic E-state index is 11.4. The summed E-state index contributed by atoms with van der Waals surface area (Å²) >= 11 is 0. The molecule has 0 aliphatic carbocycles. The van der Waals surface area contributed by atoms with Gasteiger partial charge in [0.15, 0.2) is 0 Å². The average Bonchev–Trinajstić information content (AvgIpc) is 2.37. The normalized spacial score (nSPS) is 12.6. The standard InChI is InChI=1S/C14H19NO3/c1-12(16)11-18-10-9-15-14(17)8-7-13-5-3-2-4-6-13/h2-8,12,16H,9-11H2,1H3,(H,15,17). The van der Waals surface area contributed by atoms with Crippen LogP contribution >= 0.6 is 0 Å².